The van der Waals surface area contributed by atoms with Gasteiger partial charge in [-0.15, -0.1) is 0 Å². The number of methoxy groups -OCH3 is 1. The Morgan fingerprint density at radius 3 is 2.10 bits per heavy atom. The fourth-order valence-corrected chi connectivity index (χ4v) is 2.41. The number of ether oxygens (including phenoxy) is 1. The Balaban J connectivity index is 2.45. The van der Waals surface area contributed by atoms with Gasteiger partial charge in [0.2, 0.25) is 5.91 Å². The average Bonchev–Trinajstić information content (AvgIpc) is 2.42. The van der Waals surface area contributed by atoms with Crippen LogP contribution in [0.4, 0.5) is 0 Å². The highest BCUT2D eigenvalue weighted by molar-refractivity contribution is 5.76. The van der Waals surface area contributed by atoms with Crippen molar-refractivity contribution in [3.05, 3.63) is 29.8 Å². The molecule has 112 valence electrons. The first kappa shape index (κ1) is 16.5. The Bertz CT molecular complexity index is 402. The summed E-state index contributed by atoms with van der Waals surface area (Å²) >= 11 is 0. The summed E-state index contributed by atoms with van der Waals surface area (Å²) in [5.41, 5.74) is 1.16. The van der Waals surface area contributed by atoms with Crippen molar-refractivity contribution in [3.63, 3.8) is 0 Å². The molecule has 1 amide bonds. The summed E-state index contributed by atoms with van der Waals surface area (Å²) in [6, 6.07) is 8.12. The minimum atomic E-state index is 0.133. The standard InChI is InChI=1S/C17H27NO2/c1-12(2)17(13(3)4)18-16(19)11-8-14-6-9-15(20-5)10-7-14/h6-7,9-10,12-13,17H,8,11H2,1-5H3,(H,18,19). The minimum Gasteiger partial charge on any atom is -0.497 e. The zero-order chi connectivity index (χ0) is 15.1. The van der Waals surface area contributed by atoms with Crippen molar-refractivity contribution in [2.24, 2.45) is 11.8 Å². The van der Waals surface area contributed by atoms with Crippen LogP contribution in [0.5, 0.6) is 5.75 Å². The van der Waals surface area contributed by atoms with Crippen molar-refractivity contribution in [2.45, 2.75) is 46.6 Å². The Hall–Kier alpha value is -1.51. The summed E-state index contributed by atoms with van der Waals surface area (Å²) in [7, 11) is 1.65. The second-order valence-electron chi connectivity index (χ2n) is 5.93. The number of rotatable bonds is 7. The molecule has 0 aromatic heterocycles. The first-order chi connectivity index (χ1) is 9.43. The van der Waals surface area contributed by atoms with Gasteiger partial charge in [-0.3, -0.25) is 4.79 Å². The minimum absolute atomic E-state index is 0.133. The van der Waals surface area contributed by atoms with Crippen molar-refractivity contribution in [2.75, 3.05) is 7.11 Å². The maximum absolute atomic E-state index is 12.0. The molecule has 0 aliphatic heterocycles. The van der Waals surface area contributed by atoms with Crippen LogP contribution in [-0.4, -0.2) is 19.1 Å². The topological polar surface area (TPSA) is 38.3 Å². The van der Waals surface area contributed by atoms with E-state index in [4.69, 9.17) is 4.74 Å². The van der Waals surface area contributed by atoms with E-state index in [-0.39, 0.29) is 11.9 Å². The smallest absolute Gasteiger partial charge is 0.220 e. The van der Waals surface area contributed by atoms with E-state index in [1.54, 1.807) is 7.11 Å². The van der Waals surface area contributed by atoms with Gasteiger partial charge in [0, 0.05) is 12.5 Å². The molecule has 20 heavy (non-hydrogen) atoms. The van der Waals surface area contributed by atoms with Crippen LogP contribution in [0.25, 0.3) is 0 Å². The van der Waals surface area contributed by atoms with Gasteiger partial charge in [0.1, 0.15) is 5.75 Å². The van der Waals surface area contributed by atoms with Crippen LogP contribution in [0.3, 0.4) is 0 Å². The average molecular weight is 277 g/mol. The van der Waals surface area contributed by atoms with E-state index in [0.29, 0.717) is 18.3 Å². The van der Waals surface area contributed by atoms with E-state index < -0.39 is 0 Å². The lowest BCUT2D eigenvalue weighted by Crippen LogP contribution is -2.42. The number of nitrogens with one attached hydrogen (secondary N) is 1. The highest BCUT2D eigenvalue weighted by Crippen LogP contribution is 2.14. The Morgan fingerprint density at radius 2 is 1.65 bits per heavy atom. The van der Waals surface area contributed by atoms with Gasteiger partial charge in [-0.1, -0.05) is 39.8 Å². The van der Waals surface area contributed by atoms with Crippen molar-refractivity contribution in [3.8, 4) is 5.75 Å². The van der Waals surface area contributed by atoms with Gasteiger partial charge >= 0.3 is 0 Å². The van der Waals surface area contributed by atoms with Gasteiger partial charge in [0.25, 0.3) is 0 Å². The number of carbonyl (C=O) groups is 1. The van der Waals surface area contributed by atoms with E-state index in [2.05, 4.69) is 33.0 Å². The third-order valence-corrected chi connectivity index (χ3v) is 3.56. The van der Waals surface area contributed by atoms with Crippen LogP contribution in [0.1, 0.15) is 39.7 Å². The van der Waals surface area contributed by atoms with Crippen molar-refractivity contribution in [1.82, 2.24) is 5.32 Å². The normalized spacial score (nSPS) is 11.2. The third-order valence-electron chi connectivity index (χ3n) is 3.56. The molecule has 0 unspecified atom stereocenters. The molecule has 0 spiro atoms. The molecule has 1 rings (SSSR count). The van der Waals surface area contributed by atoms with E-state index in [1.807, 2.05) is 24.3 Å². The highest BCUT2D eigenvalue weighted by atomic mass is 16.5. The summed E-state index contributed by atoms with van der Waals surface area (Å²) in [6.07, 6.45) is 1.29. The lowest BCUT2D eigenvalue weighted by Gasteiger charge is -2.26. The maximum atomic E-state index is 12.0. The maximum Gasteiger partial charge on any atom is 0.220 e. The molecule has 0 fully saturated rings. The molecule has 0 aliphatic carbocycles. The number of hydrogen-bond acceptors (Lipinski definition) is 2. The molecule has 0 saturated heterocycles. The Kier molecular flexibility index (Phi) is 6.56. The van der Waals surface area contributed by atoms with Gasteiger partial charge in [-0.05, 0) is 36.0 Å². The summed E-state index contributed by atoms with van der Waals surface area (Å²) in [4.78, 5) is 12.0. The first-order valence-corrected chi connectivity index (χ1v) is 7.36. The van der Waals surface area contributed by atoms with E-state index in [0.717, 1.165) is 17.7 Å². The largest absolute Gasteiger partial charge is 0.497 e. The van der Waals surface area contributed by atoms with Crippen molar-refractivity contribution in [1.29, 1.82) is 0 Å². The van der Waals surface area contributed by atoms with Crippen LogP contribution in [0.15, 0.2) is 24.3 Å². The van der Waals surface area contributed by atoms with Crippen LogP contribution >= 0.6 is 0 Å². The number of carbonyl (C=O) groups excluding carboxylic acids is 1. The molecule has 1 aromatic carbocycles. The second kappa shape index (κ2) is 7.93. The van der Waals surface area contributed by atoms with Gasteiger partial charge in [0.15, 0.2) is 0 Å². The Labute approximate surface area is 122 Å². The van der Waals surface area contributed by atoms with E-state index >= 15 is 0 Å². The first-order valence-electron chi connectivity index (χ1n) is 7.36. The molecular formula is C17H27NO2. The third kappa shape index (κ3) is 5.24. The molecule has 0 heterocycles. The van der Waals surface area contributed by atoms with Crippen LogP contribution in [0.2, 0.25) is 0 Å². The van der Waals surface area contributed by atoms with Crippen molar-refractivity contribution >= 4 is 5.91 Å². The molecule has 1 N–H and O–H groups in total. The van der Waals surface area contributed by atoms with Gasteiger partial charge in [-0.2, -0.15) is 0 Å². The van der Waals surface area contributed by atoms with Gasteiger partial charge < -0.3 is 10.1 Å². The van der Waals surface area contributed by atoms with Crippen LogP contribution in [0, 0.1) is 11.8 Å². The molecule has 0 saturated carbocycles. The number of aryl methyl sites for hydroxylation is 1. The zero-order valence-electron chi connectivity index (χ0n) is 13.3. The monoisotopic (exact) mass is 277 g/mol. The summed E-state index contributed by atoms with van der Waals surface area (Å²) in [5.74, 6) is 1.89. The van der Waals surface area contributed by atoms with E-state index in [1.165, 1.54) is 0 Å². The number of benzene rings is 1. The highest BCUT2D eigenvalue weighted by Gasteiger charge is 2.19. The lowest BCUT2D eigenvalue weighted by molar-refractivity contribution is -0.122. The summed E-state index contributed by atoms with van der Waals surface area (Å²) < 4.78 is 5.12. The second-order valence-corrected chi connectivity index (χ2v) is 5.93. The summed E-state index contributed by atoms with van der Waals surface area (Å²) in [5, 5.41) is 3.15. The fourth-order valence-electron chi connectivity index (χ4n) is 2.41. The Morgan fingerprint density at radius 1 is 1.10 bits per heavy atom. The molecular weight excluding hydrogens is 250 g/mol. The predicted molar refractivity (Wildman–Crippen MR) is 82.9 cm³/mol. The lowest BCUT2D eigenvalue weighted by atomic mass is 9.93. The fraction of sp³-hybridized carbons (Fsp3) is 0.588. The zero-order valence-corrected chi connectivity index (χ0v) is 13.3. The molecule has 0 bridgehead atoms. The van der Waals surface area contributed by atoms with E-state index in [9.17, 15) is 4.79 Å². The predicted octanol–water partition coefficient (Wildman–Crippen LogP) is 3.42. The number of hydrogen-bond donors (Lipinski definition) is 1. The van der Waals surface area contributed by atoms with Crippen molar-refractivity contribution < 1.29 is 9.53 Å². The van der Waals surface area contributed by atoms with Crippen LogP contribution < -0.4 is 10.1 Å². The van der Waals surface area contributed by atoms with Gasteiger partial charge in [-0.25, -0.2) is 0 Å². The SMILES string of the molecule is COc1ccc(CCC(=O)NC(C(C)C)C(C)C)cc1. The quantitative estimate of drug-likeness (QED) is 0.829. The molecule has 3 heteroatoms. The number of amides is 1. The molecule has 1 aromatic rings. The molecule has 0 atom stereocenters. The van der Waals surface area contributed by atoms with Crippen LogP contribution in [-0.2, 0) is 11.2 Å². The molecule has 0 aliphatic rings. The molecule has 0 radical (unpaired) electrons. The molecule has 3 nitrogen and oxygen atoms in total. The summed E-state index contributed by atoms with van der Waals surface area (Å²) in [6.45, 7) is 8.59. The van der Waals surface area contributed by atoms with Gasteiger partial charge in [0.05, 0.1) is 7.11 Å².